The van der Waals surface area contributed by atoms with Gasteiger partial charge in [0, 0.05) is 29.2 Å². The van der Waals surface area contributed by atoms with Crippen molar-refractivity contribution in [3.8, 4) is 0 Å². The van der Waals surface area contributed by atoms with Gasteiger partial charge >= 0.3 is 6.09 Å². The Balaban J connectivity index is 1.95. The van der Waals surface area contributed by atoms with Gasteiger partial charge in [0.2, 0.25) is 0 Å². The third kappa shape index (κ3) is 3.48. The van der Waals surface area contributed by atoms with Crippen LogP contribution in [-0.4, -0.2) is 29.1 Å². The summed E-state index contributed by atoms with van der Waals surface area (Å²) in [5.74, 6) is -0.210. The normalized spacial score (nSPS) is 10.7. The minimum absolute atomic E-state index is 0.210. The van der Waals surface area contributed by atoms with Crippen LogP contribution in [0.25, 0.3) is 21.8 Å². The molecule has 1 heterocycles. The maximum atomic E-state index is 12.4. The van der Waals surface area contributed by atoms with Crippen molar-refractivity contribution in [2.75, 3.05) is 17.7 Å². The predicted octanol–water partition coefficient (Wildman–Crippen LogP) is 4.89. The lowest BCUT2D eigenvalue weighted by molar-refractivity contribution is 0.0964. The Bertz CT molecular complexity index is 1300. The molecular formula is C23H20N4O3. The summed E-state index contributed by atoms with van der Waals surface area (Å²) < 4.78 is 0. The maximum absolute atomic E-state index is 12.4. The smallest absolute Gasteiger partial charge is 0.409 e. The number of hydrogen-bond donors (Lipinski definition) is 4. The molecule has 150 valence electrons. The first kappa shape index (κ1) is 19.2. The number of hydrogen-bond acceptors (Lipinski definition) is 4. The van der Waals surface area contributed by atoms with E-state index >= 15 is 0 Å². The van der Waals surface area contributed by atoms with Gasteiger partial charge in [0.05, 0.1) is 22.3 Å². The second kappa shape index (κ2) is 7.71. The Kier molecular flexibility index (Phi) is 4.93. The molecule has 2 amide bonds. The monoisotopic (exact) mass is 400 g/mol. The van der Waals surface area contributed by atoms with Crippen molar-refractivity contribution in [1.29, 1.82) is 0 Å². The number of carbonyl (C=O) groups excluding carboxylic acids is 1. The summed E-state index contributed by atoms with van der Waals surface area (Å²) >= 11 is 0. The lowest BCUT2D eigenvalue weighted by Crippen LogP contribution is -2.18. The minimum Gasteiger partial charge on any atom is -0.465 e. The van der Waals surface area contributed by atoms with Gasteiger partial charge in [0.15, 0.2) is 0 Å². The summed E-state index contributed by atoms with van der Waals surface area (Å²) in [5, 5.41) is 19.2. The van der Waals surface area contributed by atoms with Crippen molar-refractivity contribution in [1.82, 2.24) is 10.3 Å². The molecule has 0 atom stereocenters. The largest absolute Gasteiger partial charge is 0.465 e. The van der Waals surface area contributed by atoms with Crippen LogP contribution in [-0.2, 0) is 0 Å². The zero-order chi connectivity index (χ0) is 21.3. The Hall–Kier alpha value is -4.13. The number of aromatic nitrogens is 1. The van der Waals surface area contributed by atoms with E-state index < -0.39 is 6.09 Å². The number of carboxylic acid groups (broad SMARTS) is 1. The van der Waals surface area contributed by atoms with Gasteiger partial charge in [0.1, 0.15) is 0 Å². The topological polar surface area (TPSA) is 103 Å². The first-order valence-corrected chi connectivity index (χ1v) is 9.39. The van der Waals surface area contributed by atoms with Crippen LogP contribution in [0.15, 0.2) is 60.7 Å². The number of benzene rings is 3. The van der Waals surface area contributed by atoms with E-state index in [9.17, 15) is 9.59 Å². The first-order valence-electron chi connectivity index (χ1n) is 9.39. The van der Waals surface area contributed by atoms with Crippen LogP contribution >= 0.6 is 0 Å². The summed E-state index contributed by atoms with van der Waals surface area (Å²) in [5.41, 5.74) is 4.80. The zero-order valence-electron chi connectivity index (χ0n) is 16.5. The van der Waals surface area contributed by atoms with Gasteiger partial charge in [-0.05, 0) is 36.8 Å². The number of para-hydroxylation sites is 2. The summed E-state index contributed by atoms with van der Waals surface area (Å²) in [4.78, 5) is 28.2. The quantitative estimate of drug-likeness (QED) is 0.365. The van der Waals surface area contributed by atoms with Crippen LogP contribution in [0, 0.1) is 6.92 Å². The van der Waals surface area contributed by atoms with Crippen molar-refractivity contribution in [3.63, 3.8) is 0 Å². The third-order valence-corrected chi connectivity index (χ3v) is 4.93. The zero-order valence-corrected chi connectivity index (χ0v) is 16.5. The van der Waals surface area contributed by atoms with E-state index in [0.29, 0.717) is 16.8 Å². The molecule has 1 aromatic heterocycles. The fourth-order valence-corrected chi connectivity index (χ4v) is 3.46. The number of nitrogens with one attached hydrogen (secondary N) is 3. The Labute approximate surface area is 172 Å². The van der Waals surface area contributed by atoms with E-state index in [4.69, 9.17) is 10.1 Å². The average molecular weight is 400 g/mol. The molecule has 0 saturated carbocycles. The minimum atomic E-state index is -1.13. The van der Waals surface area contributed by atoms with Crippen molar-refractivity contribution in [2.45, 2.75) is 6.92 Å². The molecule has 4 aromatic rings. The molecule has 3 aromatic carbocycles. The molecule has 0 aliphatic rings. The number of aryl methyl sites for hydroxylation is 1. The lowest BCUT2D eigenvalue weighted by atomic mass is 10.0. The third-order valence-electron chi connectivity index (χ3n) is 4.93. The maximum Gasteiger partial charge on any atom is 0.409 e. The van der Waals surface area contributed by atoms with Crippen LogP contribution in [0.3, 0.4) is 0 Å². The van der Waals surface area contributed by atoms with Gasteiger partial charge in [-0.3, -0.25) is 10.1 Å². The second-order valence-corrected chi connectivity index (χ2v) is 6.87. The number of amides is 2. The second-order valence-electron chi connectivity index (χ2n) is 6.87. The van der Waals surface area contributed by atoms with E-state index in [1.165, 1.54) is 0 Å². The van der Waals surface area contributed by atoms with E-state index in [2.05, 4.69) is 16.0 Å². The SMILES string of the molecule is CNC(=O)c1cccc2c(Nc3cc(NC(=O)O)ccc3C)c3ccccc3nc12. The number of anilines is 3. The molecule has 0 aliphatic carbocycles. The van der Waals surface area contributed by atoms with Gasteiger partial charge in [-0.2, -0.15) is 0 Å². The Morgan fingerprint density at radius 1 is 0.967 bits per heavy atom. The lowest BCUT2D eigenvalue weighted by Gasteiger charge is -2.17. The molecule has 30 heavy (non-hydrogen) atoms. The molecule has 4 N–H and O–H groups in total. The van der Waals surface area contributed by atoms with Crippen LogP contribution in [0.5, 0.6) is 0 Å². The molecule has 7 heteroatoms. The van der Waals surface area contributed by atoms with E-state index in [1.807, 2.05) is 49.4 Å². The average Bonchev–Trinajstić information content (AvgIpc) is 2.74. The van der Waals surface area contributed by atoms with Gasteiger partial charge in [-0.15, -0.1) is 0 Å². The molecule has 0 aliphatic heterocycles. The molecule has 0 spiro atoms. The van der Waals surface area contributed by atoms with Crippen molar-refractivity contribution < 1.29 is 14.7 Å². The van der Waals surface area contributed by atoms with Gasteiger partial charge in [0.25, 0.3) is 5.91 Å². The summed E-state index contributed by atoms with van der Waals surface area (Å²) in [6.07, 6.45) is -1.13. The van der Waals surface area contributed by atoms with Gasteiger partial charge < -0.3 is 15.7 Å². The number of carbonyl (C=O) groups is 2. The molecular weight excluding hydrogens is 380 g/mol. The highest BCUT2D eigenvalue weighted by atomic mass is 16.4. The molecule has 0 saturated heterocycles. The number of pyridine rings is 1. The number of rotatable bonds is 4. The van der Waals surface area contributed by atoms with Crippen LogP contribution in [0.4, 0.5) is 21.9 Å². The summed E-state index contributed by atoms with van der Waals surface area (Å²) in [6, 6.07) is 18.5. The van der Waals surface area contributed by atoms with E-state index in [-0.39, 0.29) is 5.91 Å². The van der Waals surface area contributed by atoms with Crippen LogP contribution < -0.4 is 16.0 Å². The van der Waals surface area contributed by atoms with Crippen molar-refractivity contribution in [2.24, 2.45) is 0 Å². The van der Waals surface area contributed by atoms with E-state index in [0.717, 1.165) is 33.2 Å². The molecule has 7 nitrogen and oxygen atoms in total. The fraction of sp³-hybridized carbons (Fsp3) is 0.0870. The van der Waals surface area contributed by atoms with Gasteiger partial charge in [-0.1, -0.05) is 36.4 Å². The standard InChI is InChI=1S/C23H20N4O3/c1-13-10-11-14(25-23(29)30)12-19(13)27-20-15-6-3-4-9-18(15)26-21-16(20)7-5-8-17(21)22(28)24-2/h3-12,25H,1-2H3,(H,24,28)(H,26,27)(H,29,30). The van der Waals surface area contributed by atoms with Gasteiger partial charge in [-0.25, -0.2) is 9.78 Å². The summed E-state index contributed by atoms with van der Waals surface area (Å²) in [6.45, 7) is 1.94. The molecule has 0 fully saturated rings. The predicted molar refractivity (Wildman–Crippen MR) is 119 cm³/mol. The highest BCUT2D eigenvalue weighted by molar-refractivity contribution is 6.14. The molecule has 4 rings (SSSR count). The number of nitrogens with zero attached hydrogens (tertiary/aromatic N) is 1. The highest BCUT2D eigenvalue weighted by Crippen LogP contribution is 2.35. The number of fused-ring (bicyclic) bond motifs is 2. The molecule has 0 bridgehead atoms. The first-order chi connectivity index (χ1) is 14.5. The summed E-state index contributed by atoms with van der Waals surface area (Å²) in [7, 11) is 1.59. The Morgan fingerprint density at radius 2 is 1.73 bits per heavy atom. The fourth-order valence-electron chi connectivity index (χ4n) is 3.46. The molecule has 0 radical (unpaired) electrons. The van der Waals surface area contributed by atoms with E-state index in [1.54, 1.807) is 25.2 Å². The van der Waals surface area contributed by atoms with Crippen LogP contribution in [0.1, 0.15) is 15.9 Å². The molecule has 0 unspecified atom stereocenters. The van der Waals surface area contributed by atoms with Crippen molar-refractivity contribution >= 4 is 50.9 Å². The highest BCUT2D eigenvalue weighted by Gasteiger charge is 2.16. The van der Waals surface area contributed by atoms with Crippen molar-refractivity contribution in [3.05, 3.63) is 71.8 Å². The Morgan fingerprint density at radius 3 is 2.50 bits per heavy atom. The van der Waals surface area contributed by atoms with Crippen LogP contribution in [0.2, 0.25) is 0 Å².